The SMILES string of the molecule is COc1ccc(Br)c(C(=O)O)c1OC. The number of aromatic carboxylic acids is 1. The predicted octanol–water partition coefficient (Wildman–Crippen LogP) is 2.16. The summed E-state index contributed by atoms with van der Waals surface area (Å²) in [5.74, 6) is -0.449. The van der Waals surface area contributed by atoms with E-state index in [0.717, 1.165) is 0 Å². The molecule has 4 nitrogen and oxygen atoms in total. The van der Waals surface area contributed by atoms with Gasteiger partial charge in [0.05, 0.1) is 14.2 Å². The summed E-state index contributed by atoms with van der Waals surface area (Å²) in [4.78, 5) is 10.9. The van der Waals surface area contributed by atoms with Crippen LogP contribution >= 0.6 is 15.9 Å². The highest BCUT2D eigenvalue weighted by Crippen LogP contribution is 2.35. The molecule has 1 rings (SSSR count). The maximum Gasteiger partial charge on any atom is 0.340 e. The fraction of sp³-hybridized carbons (Fsp3) is 0.222. The van der Waals surface area contributed by atoms with E-state index in [4.69, 9.17) is 14.6 Å². The van der Waals surface area contributed by atoms with Gasteiger partial charge in [-0.05, 0) is 28.1 Å². The molecule has 0 amide bonds. The maximum atomic E-state index is 10.9. The first-order valence-electron chi connectivity index (χ1n) is 3.75. The fourth-order valence-electron chi connectivity index (χ4n) is 1.10. The van der Waals surface area contributed by atoms with E-state index in [1.165, 1.54) is 14.2 Å². The molecule has 0 aliphatic heterocycles. The standard InChI is InChI=1S/C9H9BrO4/c1-13-6-4-3-5(10)7(9(11)12)8(6)14-2/h3-4H,1-2H3,(H,11,12). The van der Waals surface area contributed by atoms with Gasteiger partial charge in [-0.25, -0.2) is 4.79 Å². The molecule has 0 heterocycles. The van der Waals surface area contributed by atoms with E-state index >= 15 is 0 Å². The highest BCUT2D eigenvalue weighted by molar-refractivity contribution is 9.10. The summed E-state index contributed by atoms with van der Waals surface area (Å²) < 4.78 is 10.4. The minimum Gasteiger partial charge on any atom is -0.493 e. The highest BCUT2D eigenvalue weighted by Gasteiger charge is 2.19. The van der Waals surface area contributed by atoms with Crippen LogP contribution in [0.15, 0.2) is 16.6 Å². The van der Waals surface area contributed by atoms with Crippen LogP contribution in [0.2, 0.25) is 0 Å². The summed E-state index contributed by atoms with van der Waals surface area (Å²) in [6, 6.07) is 3.24. The van der Waals surface area contributed by atoms with E-state index in [0.29, 0.717) is 10.2 Å². The van der Waals surface area contributed by atoms with Crippen molar-refractivity contribution in [1.82, 2.24) is 0 Å². The van der Waals surface area contributed by atoms with Gasteiger partial charge in [-0.15, -0.1) is 0 Å². The van der Waals surface area contributed by atoms with Crippen LogP contribution in [0.4, 0.5) is 0 Å². The van der Waals surface area contributed by atoms with Gasteiger partial charge < -0.3 is 14.6 Å². The first-order chi connectivity index (χ1) is 6.61. The summed E-state index contributed by atoms with van der Waals surface area (Å²) in [5.41, 5.74) is 0.0619. The van der Waals surface area contributed by atoms with Crippen LogP contribution < -0.4 is 9.47 Å². The molecule has 0 aromatic heterocycles. The third-order valence-corrected chi connectivity index (χ3v) is 2.37. The number of hydrogen-bond donors (Lipinski definition) is 1. The molecule has 5 heteroatoms. The van der Waals surface area contributed by atoms with Crippen molar-refractivity contribution in [3.8, 4) is 11.5 Å². The van der Waals surface area contributed by atoms with E-state index in [1.54, 1.807) is 12.1 Å². The lowest BCUT2D eigenvalue weighted by Gasteiger charge is -2.11. The zero-order valence-corrected chi connectivity index (χ0v) is 9.29. The van der Waals surface area contributed by atoms with Gasteiger partial charge >= 0.3 is 5.97 Å². The minimum absolute atomic E-state index is 0.0619. The van der Waals surface area contributed by atoms with Crippen LogP contribution in [-0.4, -0.2) is 25.3 Å². The normalized spacial score (nSPS) is 9.64. The van der Waals surface area contributed by atoms with Crippen LogP contribution in [0.3, 0.4) is 0 Å². The van der Waals surface area contributed by atoms with E-state index in [-0.39, 0.29) is 11.3 Å². The number of benzene rings is 1. The molecule has 0 fully saturated rings. The Bertz CT molecular complexity index is 362. The Morgan fingerprint density at radius 2 is 2.00 bits per heavy atom. The monoisotopic (exact) mass is 260 g/mol. The Labute approximate surface area is 89.6 Å². The third-order valence-electron chi connectivity index (χ3n) is 1.71. The molecule has 0 bridgehead atoms. The highest BCUT2D eigenvalue weighted by atomic mass is 79.9. The third kappa shape index (κ3) is 1.82. The fourth-order valence-corrected chi connectivity index (χ4v) is 1.58. The van der Waals surface area contributed by atoms with Gasteiger partial charge in [0.1, 0.15) is 5.56 Å². The molecule has 1 aromatic carbocycles. The summed E-state index contributed by atoms with van der Waals surface area (Å²) in [6.45, 7) is 0. The second-order valence-corrected chi connectivity index (χ2v) is 3.32. The summed E-state index contributed by atoms with van der Waals surface area (Å²) in [5, 5.41) is 8.93. The molecule has 0 saturated heterocycles. The van der Waals surface area contributed by atoms with Gasteiger partial charge in [-0.1, -0.05) is 0 Å². The second kappa shape index (κ2) is 4.32. The molecule has 76 valence electrons. The molecule has 0 saturated carbocycles. The maximum absolute atomic E-state index is 10.9. The van der Waals surface area contributed by atoms with Crippen LogP contribution in [-0.2, 0) is 0 Å². The zero-order chi connectivity index (χ0) is 10.7. The lowest BCUT2D eigenvalue weighted by Crippen LogP contribution is -2.03. The minimum atomic E-state index is -1.06. The van der Waals surface area contributed by atoms with Gasteiger partial charge in [0, 0.05) is 4.47 Å². The molecular weight excluding hydrogens is 252 g/mol. The number of carboxylic acid groups (broad SMARTS) is 1. The number of carbonyl (C=O) groups is 1. The number of halogens is 1. The Morgan fingerprint density at radius 1 is 1.36 bits per heavy atom. The number of hydrogen-bond acceptors (Lipinski definition) is 3. The number of carboxylic acids is 1. The van der Waals surface area contributed by atoms with E-state index < -0.39 is 5.97 Å². The van der Waals surface area contributed by atoms with E-state index in [2.05, 4.69) is 15.9 Å². The van der Waals surface area contributed by atoms with Crippen molar-refractivity contribution >= 4 is 21.9 Å². The van der Waals surface area contributed by atoms with Crippen molar-refractivity contribution in [2.45, 2.75) is 0 Å². The van der Waals surface area contributed by atoms with Crippen molar-refractivity contribution < 1.29 is 19.4 Å². The Hall–Kier alpha value is -1.23. The average Bonchev–Trinajstić information content (AvgIpc) is 2.16. The van der Waals surface area contributed by atoms with Gasteiger partial charge in [0.25, 0.3) is 0 Å². The van der Waals surface area contributed by atoms with Crippen molar-refractivity contribution in [3.63, 3.8) is 0 Å². The van der Waals surface area contributed by atoms with Crippen LogP contribution in [0.25, 0.3) is 0 Å². The molecule has 0 radical (unpaired) electrons. The first-order valence-corrected chi connectivity index (χ1v) is 4.55. The largest absolute Gasteiger partial charge is 0.493 e. The van der Waals surface area contributed by atoms with Gasteiger partial charge in [-0.3, -0.25) is 0 Å². The Balaban J connectivity index is 3.42. The molecule has 1 N–H and O–H groups in total. The smallest absolute Gasteiger partial charge is 0.340 e. The van der Waals surface area contributed by atoms with Crippen molar-refractivity contribution in [2.75, 3.05) is 14.2 Å². The van der Waals surface area contributed by atoms with Crippen molar-refractivity contribution in [2.24, 2.45) is 0 Å². The molecule has 0 spiro atoms. The molecule has 1 aromatic rings. The van der Waals surface area contributed by atoms with Gasteiger partial charge in [-0.2, -0.15) is 0 Å². The van der Waals surface area contributed by atoms with E-state index in [9.17, 15) is 4.79 Å². The van der Waals surface area contributed by atoms with Crippen LogP contribution in [0, 0.1) is 0 Å². The summed E-state index contributed by atoms with van der Waals surface area (Å²) in [7, 11) is 2.86. The molecular formula is C9H9BrO4. The summed E-state index contributed by atoms with van der Waals surface area (Å²) >= 11 is 3.14. The Kier molecular flexibility index (Phi) is 3.35. The van der Waals surface area contributed by atoms with Gasteiger partial charge in [0.2, 0.25) is 0 Å². The van der Waals surface area contributed by atoms with Crippen LogP contribution in [0.5, 0.6) is 11.5 Å². The van der Waals surface area contributed by atoms with E-state index in [1.807, 2.05) is 0 Å². The lowest BCUT2D eigenvalue weighted by atomic mass is 10.2. The second-order valence-electron chi connectivity index (χ2n) is 2.46. The van der Waals surface area contributed by atoms with Crippen molar-refractivity contribution in [1.29, 1.82) is 0 Å². The Morgan fingerprint density at radius 3 is 2.43 bits per heavy atom. The molecule has 0 atom stereocenters. The lowest BCUT2D eigenvalue weighted by molar-refractivity contribution is 0.0691. The number of rotatable bonds is 3. The van der Waals surface area contributed by atoms with Crippen LogP contribution in [0.1, 0.15) is 10.4 Å². The predicted molar refractivity (Wildman–Crippen MR) is 54.2 cm³/mol. The van der Waals surface area contributed by atoms with Gasteiger partial charge in [0.15, 0.2) is 11.5 Å². The summed E-state index contributed by atoms with van der Waals surface area (Å²) in [6.07, 6.45) is 0. The molecule has 0 aliphatic carbocycles. The topological polar surface area (TPSA) is 55.8 Å². The average molecular weight is 261 g/mol. The molecule has 14 heavy (non-hydrogen) atoms. The molecule has 0 aliphatic rings. The number of methoxy groups -OCH3 is 2. The number of ether oxygens (including phenoxy) is 2. The zero-order valence-electron chi connectivity index (χ0n) is 7.70. The molecule has 0 unspecified atom stereocenters. The first kappa shape index (κ1) is 10.8. The quantitative estimate of drug-likeness (QED) is 0.905. The van der Waals surface area contributed by atoms with Crippen molar-refractivity contribution in [3.05, 3.63) is 22.2 Å².